The molecule has 1 saturated heterocycles. The van der Waals surface area contributed by atoms with Crippen molar-refractivity contribution in [2.24, 2.45) is 0 Å². The highest BCUT2D eigenvalue weighted by molar-refractivity contribution is 7.07. The van der Waals surface area contributed by atoms with E-state index in [1.165, 1.54) is 6.07 Å². The molecule has 2 aromatic rings. The monoisotopic (exact) mass is 366 g/mol. The van der Waals surface area contributed by atoms with Crippen molar-refractivity contribution in [2.45, 2.75) is 51.2 Å². The van der Waals surface area contributed by atoms with E-state index in [9.17, 15) is 4.39 Å². The first kappa shape index (κ1) is 18.5. The van der Waals surface area contributed by atoms with E-state index >= 15 is 0 Å². The minimum Gasteiger partial charge on any atom is -0.368 e. The molecule has 1 aromatic carbocycles. The van der Waals surface area contributed by atoms with Crippen molar-refractivity contribution in [3.8, 4) is 0 Å². The number of thiophene rings is 1. The Balaban J connectivity index is 1.68. The predicted molar refractivity (Wildman–Crippen MR) is 93.8 cm³/mol. The van der Waals surface area contributed by atoms with Crippen molar-refractivity contribution in [2.75, 3.05) is 7.11 Å². The lowest BCUT2D eigenvalue weighted by Crippen LogP contribution is -2.38. The minimum atomic E-state index is -0.491. The highest BCUT2D eigenvalue weighted by Crippen LogP contribution is 2.30. The van der Waals surface area contributed by atoms with Gasteiger partial charge in [-0.2, -0.15) is 11.3 Å². The Bertz CT molecular complexity index is 649. The molecule has 3 rings (SSSR count). The highest BCUT2D eigenvalue weighted by atomic mass is 32.1. The maximum absolute atomic E-state index is 13.9. The molecule has 0 spiro atoms. The molecule has 1 aliphatic rings. The summed E-state index contributed by atoms with van der Waals surface area (Å²) in [5.74, 6) is -0.270. The normalized spacial score (nSPS) is 26.2. The summed E-state index contributed by atoms with van der Waals surface area (Å²) < 4.78 is 37.3. The quantitative estimate of drug-likeness (QED) is 0.704. The number of halogens is 1. The van der Waals surface area contributed by atoms with Gasteiger partial charge in [0.15, 0.2) is 6.29 Å². The van der Waals surface area contributed by atoms with Gasteiger partial charge in [-0.25, -0.2) is 4.39 Å². The summed E-state index contributed by atoms with van der Waals surface area (Å²) in [7, 11) is 1.59. The van der Waals surface area contributed by atoms with Crippen molar-refractivity contribution in [3.63, 3.8) is 0 Å². The Hall–Kier alpha value is -1.31. The summed E-state index contributed by atoms with van der Waals surface area (Å²) in [6.45, 7) is 2.66. The van der Waals surface area contributed by atoms with Crippen molar-refractivity contribution >= 4 is 11.3 Å². The lowest BCUT2D eigenvalue weighted by Gasteiger charge is -2.24. The van der Waals surface area contributed by atoms with Crippen LogP contribution in [0.25, 0.3) is 0 Å². The van der Waals surface area contributed by atoms with E-state index in [1.807, 2.05) is 23.8 Å². The molecule has 136 valence electrons. The van der Waals surface area contributed by atoms with Gasteiger partial charge in [0.1, 0.15) is 18.0 Å². The summed E-state index contributed by atoms with van der Waals surface area (Å²) in [5, 5.41) is 4.06. The molecule has 0 saturated carbocycles. The zero-order valence-corrected chi connectivity index (χ0v) is 15.2. The second-order valence-electron chi connectivity index (χ2n) is 5.96. The number of rotatable bonds is 8. The van der Waals surface area contributed by atoms with Gasteiger partial charge in [-0.1, -0.05) is 25.1 Å². The molecule has 0 radical (unpaired) electrons. The standard InChI is InChI=1S/C19H23FO4S/c1-3-16-17(23-11-14-6-4-5-7-15(14)20)18(19(21-2)24-16)22-10-13-8-9-25-12-13/h4-9,12,16-19H,3,10-11H2,1-2H3/t16-,17+,18-,19?/m1/s1. The van der Waals surface area contributed by atoms with Gasteiger partial charge < -0.3 is 18.9 Å². The molecule has 1 unspecified atom stereocenters. The molecular weight excluding hydrogens is 343 g/mol. The first-order valence-corrected chi connectivity index (χ1v) is 9.33. The zero-order valence-electron chi connectivity index (χ0n) is 14.4. The smallest absolute Gasteiger partial charge is 0.186 e. The average Bonchev–Trinajstić information content (AvgIpc) is 3.26. The fourth-order valence-corrected chi connectivity index (χ4v) is 3.61. The molecule has 1 fully saturated rings. The van der Waals surface area contributed by atoms with E-state index in [1.54, 1.807) is 36.6 Å². The maximum Gasteiger partial charge on any atom is 0.186 e. The molecule has 4 atom stereocenters. The fourth-order valence-electron chi connectivity index (χ4n) is 2.96. The van der Waals surface area contributed by atoms with Crippen LogP contribution in [-0.4, -0.2) is 31.7 Å². The Kier molecular flexibility index (Phi) is 6.56. The number of benzene rings is 1. The van der Waals surface area contributed by atoms with Crippen molar-refractivity contribution in [1.82, 2.24) is 0 Å². The van der Waals surface area contributed by atoms with Crippen LogP contribution in [0.15, 0.2) is 41.1 Å². The van der Waals surface area contributed by atoms with Crippen LogP contribution in [0, 0.1) is 5.82 Å². The van der Waals surface area contributed by atoms with Crippen LogP contribution < -0.4 is 0 Å². The summed E-state index contributed by atoms with van der Waals surface area (Å²) >= 11 is 1.63. The molecule has 0 aliphatic carbocycles. The molecule has 6 heteroatoms. The number of methoxy groups -OCH3 is 1. The van der Waals surface area contributed by atoms with Crippen LogP contribution >= 0.6 is 11.3 Å². The van der Waals surface area contributed by atoms with Crippen molar-refractivity contribution < 1.29 is 23.3 Å². The lowest BCUT2D eigenvalue weighted by atomic mass is 10.1. The molecule has 4 nitrogen and oxygen atoms in total. The van der Waals surface area contributed by atoms with Crippen LogP contribution in [0.5, 0.6) is 0 Å². The first-order chi connectivity index (χ1) is 12.2. The SMILES string of the molecule is CC[C@H]1OC(OC)[C@H](OCc2ccsc2)[C@H]1OCc1ccccc1F. The Morgan fingerprint density at radius 2 is 1.92 bits per heavy atom. The minimum absolute atomic E-state index is 0.149. The van der Waals surface area contributed by atoms with E-state index in [4.69, 9.17) is 18.9 Å². The summed E-state index contributed by atoms with van der Waals surface area (Å²) in [6, 6.07) is 8.65. The van der Waals surface area contributed by atoms with Crippen molar-refractivity contribution in [3.05, 3.63) is 58.0 Å². The van der Waals surface area contributed by atoms with Crippen molar-refractivity contribution in [1.29, 1.82) is 0 Å². The number of hydrogen-bond donors (Lipinski definition) is 0. The zero-order chi connectivity index (χ0) is 17.6. The van der Waals surface area contributed by atoms with Crippen LogP contribution in [0.2, 0.25) is 0 Å². The molecule has 0 amide bonds. The van der Waals surface area contributed by atoms with Gasteiger partial charge in [0, 0.05) is 12.7 Å². The second-order valence-corrected chi connectivity index (χ2v) is 6.74. The van der Waals surface area contributed by atoms with Gasteiger partial charge >= 0.3 is 0 Å². The Morgan fingerprint density at radius 1 is 1.12 bits per heavy atom. The largest absolute Gasteiger partial charge is 0.368 e. The first-order valence-electron chi connectivity index (χ1n) is 8.38. The van der Waals surface area contributed by atoms with Crippen LogP contribution in [0.3, 0.4) is 0 Å². The average molecular weight is 366 g/mol. The Labute approximate surface area is 151 Å². The Morgan fingerprint density at radius 3 is 2.60 bits per heavy atom. The number of hydrogen-bond acceptors (Lipinski definition) is 5. The van der Waals surface area contributed by atoms with Gasteiger partial charge in [0.25, 0.3) is 0 Å². The molecule has 1 aliphatic heterocycles. The van der Waals surface area contributed by atoms with Gasteiger partial charge in [-0.3, -0.25) is 0 Å². The summed E-state index contributed by atoms with van der Waals surface area (Å²) in [6.07, 6.45) is -0.548. The predicted octanol–water partition coefficient (Wildman–Crippen LogP) is 4.14. The third-order valence-corrected chi connectivity index (χ3v) is 5.05. The van der Waals surface area contributed by atoms with Gasteiger partial charge in [0.2, 0.25) is 0 Å². The maximum atomic E-state index is 13.9. The number of ether oxygens (including phenoxy) is 4. The highest BCUT2D eigenvalue weighted by Gasteiger charge is 2.45. The molecule has 0 N–H and O–H groups in total. The van der Waals surface area contributed by atoms with Crippen LogP contribution in [-0.2, 0) is 32.2 Å². The second kappa shape index (κ2) is 8.87. The van der Waals surface area contributed by atoms with Crippen LogP contribution in [0.1, 0.15) is 24.5 Å². The molecule has 2 heterocycles. The third kappa shape index (κ3) is 4.46. The van der Waals surface area contributed by atoms with E-state index in [0.717, 1.165) is 12.0 Å². The van der Waals surface area contributed by atoms with Gasteiger partial charge in [0.05, 0.1) is 19.3 Å². The summed E-state index contributed by atoms with van der Waals surface area (Å²) in [4.78, 5) is 0. The lowest BCUT2D eigenvalue weighted by molar-refractivity contribution is -0.166. The molecular formula is C19H23FO4S. The van der Waals surface area contributed by atoms with Gasteiger partial charge in [-0.15, -0.1) is 0 Å². The third-order valence-electron chi connectivity index (χ3n) is 4.31. The molecule has 0 bridgehead atoms. The van der Waals surface area contributed by atoms with E-state index in [-0.39, 0.29) is 30.7 Å². The van der Waals surface area contributed by atoms with Crippen LogP contribution in [0.4, 0.5) is 4.39 Å². The van der Waals surface area contributed by atoms with E-state index < -0.39 is 6.29 Å². The van der Waals surface area contributed by atoms with E-state index in [2.05, 4.69) is 0 Å². The summed E-state index contributed by atoms with van der Waals surface area (Å²) in [5.41, 5.74) is 1.63. The topological polar surface area (TPSA) is 36.9 Å². The molecule has 25 heavy (non-hydrogen) atoms. The molecule has 1 aromatic heterocycles. The van der Waals surface area contributed by atoms with Gasteiger partial charge in [-0.05, 0) is 34.9 Å². The fraction of sp³-hybridized carbons (Fsp3) is 0.474. The van der Waals surface area contributed by atoms with E-state index in [0.29, 0.717) is 12.2 Å².